The van der Waals surface area contributed by atoms with Gasteiger partial charge >= 0.3 is 6.03 Å². The highest BCUT2D eigenvalue weighted by Crippen LogP contribution is 2.17. The number of hydrogen-bond donors (Lipinski definition) is 3. The molecule has 1 aromatic heterocycles. The van der Waals surface area contributed by atoms with Gasteiger partial charge in [-0.25, -0.2) is 19.4 Å². The predicted molar refractivity (Wildman–Crippen MR) is 64.8 cm³/mol. The van der Waals surface area contributed by atoms with Crippen molar-refractivity contribution in [2.24, 2.45) is 0 Å². The first-order chi connectivity index (χ1) is 8.29. The van der Waals surface area contributed by atoms with Crippen molar-refractivity contribution >= 4 is 17.8 Å². The molecule has 98 valence electrons. The van der Waals surface area contributed by atoms with Crippen LogP contribution in [-0.2, 0) is 0 Å². The van der Waals surface area contributed by atoms with Gasteiger partial charge in [-0.05, 0) is 20.8 Å². The van der Waals surface area contributed by atoms with Crippen LogP contribution in [0.4, 0.5) is 10.6 Å². The van der Waals surface area contributed by atoms with Crippen molar-refractivity contribution in [2.45, 2.75) is 26.3 Å². The van der Waals surface area contributed by atoms with E-state index in [2.05, 4.69) is 21.3 Å². The molecule has 18 heavy (non-hydrogen) atoms. The van der Waals surface area contributed by atoms with E-state index >= 15 is 0 Å². The summed E-state index contributed by atoms with van der Waals surface area (Å²) >= 11 is 0. The quantitative estimate of drug-likeness (QED) is 0.662. The van der Waals surface area contributed by atoms with Gasteiger partial charge in [-0.1, -0.05) is 0 Å². The second-order valence-corrected chi connectivity index (χ2v) is 5.09. The Morgan fingerprint density at radius 3 is 2.72 bits per heavy atom. The summed E-state index contributed by atoms with van der Waals surface area (Å²) < 4.78 is 1.27. The van der Waals surface area contributed by atoms with E-state index in [1.165, 1.54) is 15.9 Å². The fraction of sp³-hybridized carbons (Fsp3) is 0.500. The molecule has 2 amide bonds. The van der Waals surface area contributed by atoms with Gasteiger partial charge in [0, 0.05) is 12.6 Å². The third kappa shape index (κ3) is 2.14. The smallest absolute Gasteiger partial charge is 0.346 e. The normalized spacial score (nSPS) is 15.1. The lowest BCUT2D eigenvalue weighted by molar-refractivity contribution is 0.0915. The van der Waals surface area contributed by atoms with Gasteiger partial charge in [0.15, 0.2) is 11.5 Å². The minimum absolute atomic E-state index is 0.180. The van der Waals surface area contributed by atoms with Crippen molar-refractivity contribution in [1.82, 2.24) is 25.4 Å². The lowest BCUT2D eigenvalue weighted by atomic mass is 10.1. The van der Waals surface area contributed by atoms with E-state index in [1.807, 2.05) is 20.8 Å². The van der Waals surface area contributed by atoms with Crippen LogP contribution in [0.3, 0.4) is 0 Å². The molecule has 8 heteroatoms. The van der Waals surface area contributed by atoms with Crippen molar-refractivity contribution in [3.05, 3.63) is 12.0 Å². The highest BCUT2D eigenvalue weighted by atomic mass is 16.2. The van der Waals surface area contributed by atoms with Crippen molar-refractivity contribution in [2.75, 3.05) is 12.5 Å². The second kappa shape index (κ2) is 3.98. The molecule has 2 heterocycles. The van der Waals surface area contributed by atoms with Crippen LogP contribution in [0.15, 0.2) is 6.33 Å². The summed E-state index contributed by atoms with van der Waals surface area (Å²) in [6.07, 6.45) is 1.32. The molecular formula is C10H16N6O2. The lowest BCUT2D eigenvalue weighted by Crippen LogP contribution is -2.50. The highest BCUT2D eigenvalue weighted by Gasteiger charge is 2.28. The van der Waals surface area contributed by atoms with Gasteiger partial charge in [-0.2, -0.15) is 0 Å². The summed E-state index contributed by atoms with van der Waals surface area (Å²) in [5, 5.41) is 4.04. The molecule has 0 aromatic carbocycles. The Morgan fingerprint density at radius 1 is 1.44 bits per heavy atom. The van der Waals surface area contributed by atoms with Crippen LogP contribution in [0.1, 0.15) is 31.3 Å². The van der Waals surface area contributed by atoms with Crippen LogP contribution >= 0.6 is 0 Å². The number of nitrogens with zero attached hydrogens (tertiary/aromatic N) is 3. The first-order valence-electron chi connectivity index (χ1n) is 5.49. The molecule has 1 aromatic rings. The monoisotopic (exact) mass is 252 g/mol. The molecule has 0 spiro atoms. The lowest BCUT2D eigenvalue weighted by Gasteiger charge is -2.26. The van der Waals surface area contributed by atoms with Gasteiger partial charge in [0.05, 0.1) is 0 Å². The van der Waals surface area contributed by atoms with Crippen LogP contribution in [0, 0.1) is 0 Å². The summed E-state index contributed by atoms with van der Waals surface area (Å²) in [6, 6.07) is -0.314. The zero-order chi connectivity index (χ0) is 13.5. The van der Waals surface area contributed by atoms with E-state index in [0.717, 1.165) is 0 Å². The zero-order valence-corrected chi connectivity index (χ0v) is 10.7. The molecule has 0 saturated carbocycles. The summed E-state index contributed by atoms with van der Waals surface area (Å²) in [5.74, 6) is 0.00255. The Morgan fingerprint density at radius 2 is 2.11 bits per heavy atom. The molecule has 1 aliphatic rings. The third-order valence-electron chi connectivity index (χ3n) is 2.31. The number of anilines is 1. The number of hydrazine groups is 2. The molecule has 0 aliphatic carbocycles. The molecule has 8 nitrogen and oxygen atoms in total. The largest absolute Gasteiger partial charge is 0.346 e. The topological polar surface area (TPSA) is 91.3 Å². The number of aromatic nitrogens is 2. The van der Waals surface area contributed by atoms with E-state index in [1.54, 1.807) is 7.05 Å². The van der Waals surface area contributed by atoms with Crippen molar-refractivity contribution in [3.8, 4) is 0 Å². The molecule has 0 fully saturated rings. The van der Waals surface area contributed by atoms with E-state index in [0.29, 0.717) is 5.82 Å². The molecule has 0 radical (unpaired) electrons. The molecule has 0 unspecified atom stereocenters. The van der Waals surface area contributed by atoms with Gasteiger partial charge in [0.25, 0.3) is 5.91 Å². The van der Waals surface area contributed by atoms with Crippen LogP contribution in [0.2, 0.25) is 0 Å². The van der Waals surface area contributed by atoms with Crippen LogP contribution in [0.5, 0.6) is 0 Å². The Hall–Kier alpha value is -2.09. The van der Waals surface area contributed by atoms with Crippen molar-refractivity contribution < 1.29 is 9.59 Å². The van der Waals surface area contributed by atoms with Gasteiger partial charge in [-0.3, -0.25) is 10.2 Å². The van der Waals surface area contributed by atoms with Gasteiger partial charge in [0.2, 0.25) is 0 Å². The van der Waals surface area contributed by atoms with E-state index in [-0.39, 0.29) is 23.2 Å². The second-order valence-electron chi connectivity index (χ2n) is 5.09. The number of nitrogens with one attached hydrogen (secondary N) is 3. The molecular weight excluding hydrogens is 236 g/mol. The number of rotatable bonds is 1. The number of imidazole rings is 1. The minimum atomic E-state index is -0.365. The molecule has 0 saturated heterocycles. The van der Waals surface area contributed by atoms with Crippen molar-refractivity contribution in [1.29, 1.82) is 0 Å². The predicted octanol–water partition coefficient (Wildman–Crippen LogP) is 0.156. The number of amides is 2. The summed E-state index contributed by atoms with van der Waals surface area (Å²) in [5.41, 5.74) is 5.19. The fourth-order valence-corrected chi connectivity index (χ4v) is 1.53. The summed E-state index contributed by atoms with van der Waals surface area (Å²) in [7, 11) is 1.56. The van der Waals surface area contributed by atoms with E-state index in [4.69, 9.17) is 0 Å². The minimum Gasteiger partial charge on any atom is -0.346 e. The Balaban J connectivity index is 2.30. The molecule has 2 rings (SSSR count). The maximum Gasteiger partial charge on any atom is 0.346 e. The van der Waals surface area contributed by atoms with E-state index in [9.17, 15) is 9.59 Å². The van der Waals surface area contributed by atoms with E-state index < -0.39 is 0 Å². The zero-order valence-electron chi connectivity index (χ0n) is 10.7. The Bertz CT molecular complexity index is 501. The van der Waals surface area contributed by atoms with Gasteiger partial charge < -0.3 is 5.32 Å². The number of carbonyl (C=O) groups is 2. The van der Waals surface area contributed by atoms with Crippen LogP contribution in [-0.4, -0.2) is 39.1 Å². The molecule has 3 N–H and O–H groups in total. The standard InChI is InChI=1S/C10H16N6O2/c1-10(2,3)12-8(17)6-7-13-14-15(4)9(18)16(7)5-11-6/h5,13-14H,1-4H3,(H,12,17). The number of fused-ring (bicyclic) bond motifs is 1. The van der Waals surface area contributed by atoms with Crippen LogP contribution in [0.25, 0.3) is 0 Å². The first kappa shape index (κ1) is 12.4. The number of carbonyl (C=O) groups excluding carboxylic acids is 2. The van der Waals surface area contributed by atoms with Gasteiger partial charge in [-0.15, -0.1) is 5.53 Å². The highest BCUT2D eigenvalue weighted by molar-refractivity contribution is 5.99. The number of hydrogen-bond acceptors (Lipinski definition) is 5. The Labute approximate surface area is 104 Å². The average Bonchev–Trinajstić information content (AvgIpc) is 2.65. The summed E-state index contributed by atoms with van der Waals surface area (Å²) in [4.78, 5) is 27.7. The molecule has 1 aliphatic heterocycles. The fourth-order valence-electron chi connectivity index (χ4n) is 1.53. The SMILES string of the molecule is CN1NNc2c(C(=O)NC(C)(C)C)ncn2C1=O. The van der Waals surface area contributed by atoms with Gasteiger partial charge in [0.1, 0.15) is 6.33 Å². The van der Waals surface area contributed by atoms with Crippen molar-refractivity contribution in [3.63, 3.8) is 0 Å². The molecule has 0 atom stereocenters. The van der Waals surface area contributed by atoms with Crippen LogP contribution < -0.4 is 16.3 Å². The third-order valence-corrected chi connectivity index (χ3v) is 2.31. The molecule has 0 bridgehead atoms. The maximum atomic E-state index is 12.0. The Kier molecular flexibility index (Phi) is 2.74. The first-order valence-corrected chi connectivity index (χ1v) is 5.49. The maximum absolute atomic E-state index is 12.0. The average molecular weight is 252 g/mol. The summed E-state index contributed by atoms with van der Waals surface area (Å²) in [6.45, 7) is 5.62.